The van der Waals surface area contributed by atoms with E-state index in [-0.39, 0.29) is 6.07 Å². The highest BCUT2D eigenvalue weighted by molar-refractivity contribution is 6.31. The van der Waals surface area contributed by atoms with Crippen LogP contribution in [0.2, 0.25) is 5.02 Å². The van der Waals surface area contributed by atoms with Gasteiger partial charge in [0.2, 0.25) is 0 Å². The minimum atomic E-state index is -5.05. The first-order valence-corrected chi connectivity index (χ1v) is 4.19. The topological polar surface area (TPSA) is 26.0 Å². The summed E-state index contributed by atoms with van der Waals surface area (Å²) in [5.41, 5.74) is 3.11. The van der Waals surface area contributed by atoms with E-state index in [9.17, 15) is 26.3 Å². The van der Waals surface area contributed by atoms with Crippen LogP contribution in [-0.4, -0.2) is 6.18 Å². The van der Waals surface area contributed by atoms with Crippen molar-refractivity contribution in [1.29, 1.82) is 0 Å². The molecule has 0 amide bonds. The molecular formula is C8H4ClF6N. The molecule has 0 fully saturated rings. The molecule has 1 aromatic rings. The van der Waals surface area contributed by atoms with Crippen LogP contribution in [-0.2, 0) is 0 Å². The fraction of sp³-hybridized carbons (Fsp3) is 0.250. The number of hydrogen-bond donors (Lipinski definition) is 1. The molecule has 1 nitrogen and oxygen atoms in total. The second kappa shape index (κ2) is 4.14. The van der Waals surface area contributed by atoms with Crippen LogP contribution in [0.25, 0.3) is 0 Å². The van der Waals surface area contributed by atoms with Gasteiger partial charge in [-0.1, -0.05) is 11.6 Å². The Morgan fingerprint density at radius 3 is 2.06 bits per heavy atom. The van der Waals surface area contributed by atoms with Crippen LogP contribution in [0.15, 0.2) is 6.07 Å². The van der Waals surface area contributed by atoms with Crippen LogP contribution in [0.5, 0.6) is 0 Å². The molecule has 0 heterocycles. The molecular weight excluding hydrogens is 260 g/mol. The molecule has 0 aromatic heterocycles. The van der Waals surface area contributed by atoms with Crippen molar-refractivity contribution >= 4 is 11.6 Å². The van der Waals surface area contributed by atoms with E-state index in [1.54, 1.807) is 0 Å². The minimum Gasteiger partial charge on any atom is -0.316 e. The third-order valence-corrected chi connectivity index (χ3v) is 2.16. The molecule has 0 saturated heterocycles. The third kappa shape index (κ3) is 2.25. The molecule has 0 saturated carbocycles. The summed E-state index contributed by atoms with van der Waals surface area (Å²) in [6, 6.07) is -2.85. The number of halogens is 7. The van der Waals surface area contributed by atoms with Gasteiger partial charge in [-0.2, -0.15) is 13.2 Å². The SMILES string of the molecule is N[C@@H](c1c(F)cc(F)c(Cl)c1F)C(F)(F)F. The average Bonchev–Trinajstić information content (AvgIpc) is 2.13. The molecule has 16 heavy (non-hydrogen) atoms. The van der Waals surface area contributed by atoms with E-state index < -0.39 is 40.3 Å². The quantitative estimate of drug-likeness (QED) is 0.469. The predicted octanol–water partition coefficient (Wildman–Crippen LogP) is 3.32. The second-order valence-corrected chi connectivity index (χ2v) is 3.28. The standard InChI is InChI=1S/C8H4ClF6N/c9-5-3(11)1-2(10)4(6(5)12)7(16)8(13,14)15/h1,7H,16H2/t7-/m0/s1. The third-order valence-electron chi connectivity index (χ3n) is 1.81. The lowest BCUT2D eigenvalue weighted by molar-refractivity contribution is -0.150. The van der Waals surface area contributed by atoms with Gasteiger partial charge in [-0.25, -0.2) is 13.2 Å². The average molecular weight is 264 g/mol. The van der Waals surface area contributed by atoms with Gasteiger partial charge in [-0.3, -0.25) is 0 Å². The van der Waals surface area contributed by atoms with E-state index in [2.05, 4.69) is 5.73 Å². The molecule has 1 rings (SSSR count). The van der Waals surface area contributed by atoms with Crippen molar-refractivity contribution < 1.29 is 26.3 Å². The first-order chi connectivity index (χ1) is 7.16. The monoisotopic (exact) mass is 263 g/mol. The Bertz CT molecular complexity index is 416. The second-order valence-electron chi connectivity index (χ2n) is 2.90. The number of hydrogen-bond acceptors (Lipinski definition) is 1. The van der Waals surface area contributed by atoms with Crippen molar-refractivity contribution in [2.24, 2.45) is 5.73 Å². The summed E-state index contributed by atoms with van der Waals surface area (Å²) in [5, 5.41) is -1.23. The Hall–Kier alpha value is -0.950. The van der Waals surface area contributed by atoms with E-state index in [4.69, 9.17) is 11.6 Å². The van der Waals surface area contributed by atoms with Crippen LogP contribution in [0, 0.1) is 17.5 Å². The predicted molar refractivity (Wildman–Crippen MR) is 44.3 cm³/mol. The van der Waals surface area contributed by atoms with Crippen LogP contribution < -0.4 is 5.73 Å². The zero-order valence-electron chi connectivity index (χ0n) is 7.38. The maximum atomic E-state index is 13.1. The van der Waals surface area contributed by atoms with Crippen molar-refractivity contribution in [2.45, 2.75) is 12.2 Å². The lowest BCUT2D eigenvalue weighted by Gasteiger charge is -2.17. The van der Waals surface area contributed by atoms with E-state index >= 15 is 0 Å². The molecule has 2 N–H and O–H groups in total. The van der Waals surface area contributed by atoms with Gasteiger partial charge >= 0.3 is 6.18 Å². The fourth-order valence-corrected chi connectivity index (χ4v) is 1.19. The van der Waals surface area contributed by atoms with Gasteiger partial charge in [0.05, 0.1) is 5.56 Å². The molecule has 0 unspecified atom stereocenters. The molecule has 8 heteroatoms. The molecule has 0 radical (unpaired) electrons. The lowest BCUT2D eigenvalue weighted by Crippen LogP contribution is -2.30. The largest absolute Gasteiger partial charge is 0.407 e. The molecule has 0 spiro atoms. The summed E-state index contributed by atoms with van der Waals surface area (Å²) in [5.74, 6) is -5.07. The van der Waals surface area contributed by atoms with Crippen molar-refractivity contribution in [1.82, 2.24) is 0 Å². The molecule has 0 aliphatic rings. The summed E-state index contributed by atoms with van der Waals surface area (Å²) >= 11 is 5.01. The lowest BCUT2D eigenvalue weighted by atomic mass is 10.1. The van der Waals surface area contributed by atoms with E-state index in [1.807, 2.05) is 0 Å². The zero-order chi connectivity index (χ0) is 12.7. The summed E-state index contributed by atoms with van der Waals surface area (Å²) in [7, 11) is 0. The summed E-state index contributed by atoms with van der Waals surface area (Å²) in [4.78, 5) is 0. The normalized spacial score (nSPS) is 14.0. The molecule has 90 valence electrons. The number of alkyl halides is 3. The Balaban J connectivity index is 3.40. The highest BCUT2D eigenvalue weighted by Crippen LogP contribution is 2.36. The van der Waals surface area contributed by atoms with Crippen molar-refractivity contribution in [3.63, 3.8) is 0 Å². The minimum absolute atomic E-state index is 0.0480. The highest BCUT2D eigenvalue weighted by atomic mass is 35.5. The fourth-order valence-electron chi connectivity index (χ4n) is 1.03. The van der Waals surface area contributed by atoms with Gasteiger partial charge in [-0.05, 0) is 0 Å². The zero-order valence-corrected chi connectivity index (χ0v) is 8.13. The molecule has 0 aliphatic carbocycles. The van der Waals surface area contributed by atoms with Gasteiger partial charge in [0.15, 0.2) is 5.82 Å². The maximum Gasteiger partial charge on any atom is 0.407 e. The molecule has 1 aromatic carbocycles. The molecule has 0 bridgehead atoms. The van der Waals surface area contributed by atoms with Crippen LogP contribution in [0.1, 0.15) is 11.6 Å². The van der Waals surface area contributed by atoms with E-state index in [1.165, 1.54) is 0 Å². The van der Waals surface area contributed by atoms with Crippen molar-refractivity contribution in [3.05, 3.63) is 34.1 Å². The first kappa shape index (κ1) is 13.1. The van der Waals surface area contributed by atoms with Gasteiger partial charge in [0.1, 0.15) is 22.7 Å². The van der Waals surface area contributed by atoms with Gasteiger partial charge in [-0.15, -0.1) is 0 Å². The molecule has 0 aliphatic heterocycles. The van der Waals surface area contributed by atoms with Crippen LogP contribution in [0.4, 0.5) is 26.3 Å². The smallest absolute Gasteiger partial charge is 0.316 e. The van der Waals surface area contributed by atoms with E-state index in [0.717, 1.165) is 0 Å². The Kier molecular flexibility index (Phi) is 3.39. The van der Waals surface area contributed by atoms with Crippen molar-refractivity contribution in [3.8, 4) is 0 Å². The number of rotatable bonds is 1. The summed E-state index contributed by atoms with van der Waals surface area (Å²) in [6.45, 7) is 0. The first-order valence-electron chi connectivity index (χ1n) is 3.81. The highest BCUT2D eigenvalue weighted by Gasteiger charge is 2.41. The van der Waals surface area contributed by atoms with Gasteiger partial charge < -0.3 is 5.73 Å². The summed E-state index contributed by atoms with van der Waals surface area (Å²) in [6.07, 6.45) is -5.05. The number of nitrogens with two attached hydrogens (primary N) is 1. The van der Waals surface area contributed by atoms with Gasteiger partial charge in [0, 0.05) is 6.07 Å². The van der Waals surface area contributed by atoms with Crippen molar-refractivity contribution in [2.75, 3.05) is 0 Å². The Morgan fingerprint density at radius 2 is 1.62 bits per heavy atom. The number of benzene rings is 1. The maximum absolute atomic E-state index is 13.1. The Morgan fingerprint density at radius 1 is 1.12 bits per heavy atom. The summed E-state index contributed by atoms with van der Waals surface area (Å²) < 4.78 is 75.1. The van der Waals surface area contributed by atoms with Crippen LogP contribution >= 0.6 is 11.6 Å². The molecule has 1 atom stereocenters. The van der Waals surface area contributed by atoms with Gasteiger partial charge in [0.25, 0.3) is 0 Å². The van der Waals surface area contributed by atoms with Crippen LogP contribution in [0.3, 0.4) is 0 Å². The van der Waals surface area contributed by atoms with E-state index in [0.29, 0.717) is 0 Å². The Labute approximate surface area is 90.8 Å².